The third-order valence-corrected chi connectivity index (χ3v) is 5.75. The molecular formula is C23H24N2O3. The Hall–Kier alpha value is -2.92. The van der Waals surface area contributed by atoms with E-state index in [-0.39, 0.29) is 30.3 Å². The van der Waals surface area contributed by atoms with Gasteiger partial charge in [0, 0.05) is 49.8 Å². The molecule has 0 unspecified atom stereocenters. The molecule has 144 valence electrons. The Bertz CT molecular complexity index is 909. The number of hydrogen-bond donors (Lipinski definition) is 0. The van der Waals surface area contributed by atoms with Crippen LogP contribution in [0.5, 0.6) is 0 Å². The van der Waals surface area contributed by atoms with Crippen LogP contribution >= 0.6 is 0 Å². The van der Waals surface area contributed by atoms with Crippen LogP contribution in [0.1, 0.15) is 60.8 Å². The summed E-state index contributed by atoms with van der Waals surface area (Å²) in [4.78, 5) is 39.7. The molecule has 3 rings (SSSR count). The molecular weight excluding hydrogens is 352 g/mol. The van der Waals surface area contributed by atoms with E-state index in [1.807, 2.05) is 32.0 Å². The number of carbonyl (C=O) groups excluding carboxylic acids is 3. The Labute approximate surface area is 165 Å². The molecule has 0 N–H and O–H groups in total. The predicted octanol–water partition coefficient (Wildman–Crippen LogP) is 2.82. The molecule has 0 aromatic heterocycles. The molecule has 2 fully saturated rings. The maximum Gasteiger partial charge on any atom is 0.223 e. The van der Waals surface area contributed by atoms with Gasteiger partial charge < -0.3 is 4.90 Å². The van der Waals surface area contributed by atoms with Gasteiger partial charge >= 0.3 is 0 Å². The van der Waals surface area contributed by atoms with Crippen molar-refractivity contribution in [2.24, 2.45) is 5.41 Å². The fraction of sp³-hybridized carbons (Fsp3) is 0.478. The lowest BCUT2D eigenvalue weighted by molar-refractivity contribution is -0.154. The fourth-order valence-electron chi connectivity index (χ4n) is 4.64. The normalized spacial score (nSPS) is 18.3. The van der Waals surface area contributed by atoms with E-state index in [0.29, 0.717) is 25.9 Å². The van der Waals surface area contributed by atoms with Crippen molar-refractivity contribution in [3.05, 3.63) is 34.4 Å². The largest absolute Gasteiger partial charge is 0.341 e. The molecule has 1 aromatic rings. The zero-order valence-electron chi connectivity index (χ0n) is 16.6. The molecule has 5 heteroatoms. The highest BCUT2D eigenvalue weighted by atomic mass is 16.2. The van der Waals surface area contributed by atoms with Gasteiger partial charge in [0.15, 0.2) is 0 Å². The smallest absolute Gasteiger partial charge is 0.223 e. The van der Waals surface area contributed by atoms with Gasteiger partial charge in [0.2, 0.25) is 5.91 Å². The molecule has 2 aliphatic rings. The zero-order chi connectivity index (χ0) is 20.5. The summed E-state index contributed by atoms with van der Waals surface area (Å²) in [6.07, 6.45) is 1.03. The number of ketones is 2. The van der Waals surface area contributed by atoms with Crippen LogP contribution in [-0.2, 0) is 14.4 Å². The van der Waals surface area contributed by atoms with E-state index in [2.05, 4.69) is 11.8 Å². The predicted molar refractivity (Wildman–Crippen MR) is 104 cm³/mol. The monoisotopic (exact) mass is 376 g/mol. The summed E-state index contributed by atoms with van der Waals surface area (Å²) in [7, 11) is 0. The number of carbonyl (C=O) groups is 3. The van der Waals surface area contributed by atoms with E-state index in [1.54, 1.807) is 11.8 Å². The van der Waals surface area contributed by atoms with Gasteiger partial charge in [-0.1, -0.05) is 5.92 Å². The molecule has 1 aliphatic carbocycles. The van der Waals surface area contributed by atoms with E-state index in [9.17, 15) is 14.4 Å². The highest BCUT2D eigenvalue weighted by molar-refractivity contribution is 6.11. The maximum absolute atomic E-state index is 13.0. The van der Waals surface area contributed by atoms with Crippen LogP contribution in [0.15, 0.2) is 12.1 Å². The Balaban J connectivity index is 1.76. The van der Waals surface area contributed by atoms with E-state index >= 15 is 0 Å². The molecule has 0 atom stereocenters. The summed E-state index contributed by atoms with van der Waals surface area (Å²) in [5.41, 5.74) is 3.12. The highest BCUT2D eigenvalue weighted by Gasteiger charge is 2.53. The Morgan fingerprint density at radius 1 is 1.18 bits per heavy atom. The standard InChI is InChI=1S/C23H24N2O3/c1-4-6-17-9-15(2)21(16(3)10-17)22-18(26)11-23(12-19(22)27)13-25(14-23)20(28)7-5-8-24/h9-10,22H,5,7,11-14H2,1-3H3. The first kappa shape index (κ1) is 19.8. The van der Waals surface area contributed by atoms with Gasteiger partial charge in [0.1, 0.15) is 17.5 Å². The van der Waals surface area contributed by atoms with Crippen LogP contribution in [0, 0.1) is 42.4 Å². The first-order valence-electron chi connectivity index (χ1n) is 9.54. The summed E-state index contributed by atoms with van der Waals surface area (Å²) in [5, 5.41) is 8.61. The summed E-state index contributed by atoms with van der Waals surface area (Å²) >= 11 is 0. The Morgan fingerprint density at radius 2 is 1.75 bits per heavy atom. The van der Waals surface area contributed by atoms with Crippen molar-refractivity contribution < 1.29 is 14.4 Å². The van der Waals surface area contributed by atoms with Gasteiger partial charge in [-0.05, 0) is 49.6 Å². The lowest BCUT2D eigenvalue weighted by Gasteiger charge is -2.52. The molecule has 1 aromatic carbocycles. The van der Waals surface area contributed by atoms with Crippen LogP contribution in [0.3, 0.4) is 0 Å². The molecule has 1 heterocycles. The van der Waals surface area contributed by atoms with E-state index in [4.69, 9.17) is 5.26 Å². The minimum absolute atomic E-state index is 0.0547. The van der Waals surface area contributed by atoms with Crippen LogP contribution in [0.25, 0.3) is 0 Å². The second kappa shape index (κ2) is 7.60. The number of aryl methyl sites for hydroxylation is 2. The molecule has 1 amide bonds. The molecule has 1 saturated heterocycles. The summed E-state index contributed by atoms with van der Waals surface area (Å²) in [6, 6.07) is 5.84. The third kappa shape index (κ3) is 3.58. The molecule has 1 saturated carbocycles. The minimum atomic E-state index is -0.711. The summed E-state index contributed by atoms with van der Waals surface area (Å²) in [5.74, 6) is 5.00. The lowest BCUT2D eigenvalue weighted by Crippen LogP contribution is -2.62. The van der Waals surface area contributed by atoms with E-state index in [0.717, 1.165) is 22.3 Å². The van der Waals surface area contributed by atoms with Crippen LogP contribution in [-0.4, -0.2) is 35.5 Å². The van der Waals surface area contributed by atoms with E-state index in [1.165, 1.54) is 0 Å². The molecule has 0 bridgehead atoms. The van der Waals surface area contributed by atoms with Gasteiger partial charge in [0.25, 0.3) is 0 Å². The first-order valence-corrected chi connectivity index (χ1v) is 9.54. The molecule has 1 spiro atoms. The van der Waals surface area contributed by atoms with Crippen LogP contribution < -0.4 is 0 Å². The highest BCUT2D eigenvalue weighted by Crippen LogP contribution is 2.46. The van der Waals surface area contributed by atoms with Crippen molar-refractivity contribution >= 4 is 17.5 Å². The molecule has 28 heavy (non-hydrogen) atoms. The van der Waals surface area contributed by atoms with Crippen LogP contribution in [0.2, 0.25) is 0 Å². The molecule has 5 nitrogen and oxygen atoms in total. The number of rotatable bonds is 3. The fourth-order valence-corrected chi connectivity index (χ4v) is 4.64. The van der Waals surface area contributed by atoms with Crippen molar-refractivity contribution in [1.82, 2.24) is 4.90 Å². The molecule has 1 aliphatic heterocycles. The first-order chi connectivity index (χ1) is 13.3. The SMILES string of the molecule is CC#Cc1cc(C)c(C2C(=O)CC3(CC2=O)CN(C(=O)CCC#N)C3)c(C)c1. The van der Waals surface area contributed by atoms with Crippen molar-refractivity contribution in [2.45, 2.75) is 52.4 Å². The number of benzene rings is 1. The number of amides is 1. The lowest BCUT2D eigenvalue weighted by atomic mass is 9.63. The van der Waals surface area contributed by atoms with Gasteiger partial charge in [-0.3, -0.25) is 14.4 Å². The van der Waals surface area contributed by atoms with Crippen molar-refractivity contribution in [2.75, 3.05) is 13.1 Å². The average molecular weight is 376 g/mol. The summed E-state index contributed by atoms with van der Waals surface area (Å²) in [6.45, 7) is 6.49. The summed E-state index contributed by atoms with van der Waals surface area (Å²) < 4.78 is 0. The molecule has 0 radical (unpaired) electrons. The maximum atomic E-state index is 13.0. The zero-order valence-corrected chi connectivity index (χ0v) is 16.6. The minimum Gasteiger partial charge on any atom is -0.341 e. The number of nitriles is 1. The van der Waals surface area contributed by atoms with Gasteiger partial charge in [-0.15, -0.1) is 5.92 Å². The number of nitrogens with zero attached hydrogens (tertiary/aromatic N) is 2. The number of Topliss-reactive ketones (excluding diaryl/α,β-unsaturated/α-hetero) is 2. The van der Waals surface area contributed by atoms with Gasteiger partial charge in [-0.2, -0.15) is 5.26 Å². The van der Waals surface area contributed by atoms with Crippen molar-refractivity contribution in [1.29, 1.82) is 5.26 Å². The quantitative estimate of drug-likeness (QED) is 0.600. The average Bonchev–Trinajstić information content (AvgIpc) is 2.59. The van der Waals surface area contributed by atoms with Gasteiger partial charge in [0.05, 0.1) is 6.07 Å². The van der Waals surface area contributed by atoms with Crippen molar-refractivity contribution in [3.63, 3.8) is 0 Å². The van der Waals surface area contributed by atoms with E-state index < -0.39 is 11.3 Å². The Kier molecular flexibility index (Phi) is 5.38. The van der Waals surface area contributed by atoms with Crippen LogP contribution in [0.4, 0.5) is 0 Å². The Morgan fingerprint density at radius 3 is 2.25 bits per heavy atom. The number of hydrogen-bond acceptors (Lipinski definition) is 4. The third-order valence-electron chi connectivity index (χ3n) is 5.75. The topological polar surface area (TPSA) is 78.2 Å². The van der Waals surface area contributed by atoms with Gasteiger partial charge in [-0.25, -0.2) is 0 Å². The number of likely N-dealkylation sites (tertiary alicyclic amines) is 1. The second-order valence-corrected chi connectivity index (χ2v) is 8.03. The van der Waals surface area contributed by atoms with Crippen molar-refractivity contribution in [3.8, 4) is 17.9 Å². The second-order valence-electron chi connectivity index (χ2n) is 8.03.